The average molecular weight is 338 g/mol. The fourth-order valence-corrected chi connectivity index (χ4v) is 3.58. The van der Waals surface area contributed by atoms with Gasteiger partial charge in [0.15, 0.2) is 0 Å². The van der Waals surface area contributed by atoms with Gasteiger partial charge in [0, 0.05) is 45.0 Å². The Labute approximate surface area is 150 Å². The van der Waals surface area contributed by atoms with Gasteiger partial charge in [-0.1, -0.05) is 12.1 Å². The number of aryl methyl sites for hydroxylation is 1. The van der Waals surface area contributed by atoms with Crippen LogP contribution in [0.4, 0.5) is 5.69 Å². The van der Waals surface area contributed by atoms with Crippen LogP contribution in [0.1, 0.15) is 25.1 Å². The lowest BCUT2D eigenvalue weighted by atomic mass is 10.1. The topological polar surface area (TPSA) is 44.4 Å². The number of aromatic nitrogens is 1. The summed E-state index contributed by atoms with van der Waals surface area (Å²) in [7, 11) is 1.73. The van der Waals surface area contributed by atoms with Gasteiger partial charge in [-0.2, -0.15) is 5.26 Å². The number of rotatable bonds is 5. The van der Waals surface area contributed by atoms with Crippen molar-refractivity contribution >= 4 is 5.69 Å². The van der Waals surface area contributed by atoms with Gasteiger partial charge in [0.2, 0.25) is 0 Å². The van der Waals surface area contributed by atoms with E-state index in [-0.39, 0.29) is 0 Å². The monoisotopic (exact) mass is 338 g/mol. The molecule has 1 aromatic carbocycles. The molecule has 2 heterocycles. The fourth-order valence-electron chi connectivity index (χ4n) is 3.58. The summed E-state index contributed by atoms with van der Waals surface area (Å²) in [5.74, 6) is 0.932. The minimum atomic E-state index is 0.439. The van der Waals surface area contributed by atoms with Gasteiger partial charge in [0.05, 0.1) is 12.8 Å². The van der Waals surface area contributed by atoms with Crippen LogP contribution in [0, 0.1) is 11.3 Å². The van der Waals surface area contributed by atoms with Crippen molar-refractivity contribution in [3.05, 3.63) is 47.8 Å². The van der Waals surface area contributed by atoms with Crippen LogP contribution in [0.3, 0.4) is 0 Å². The van der Waals surface area contributed by atoms with Crippen LogP contribution in [0.5, 0.6) is 5.75 Å². The van der Waals surface area contributed by atoms with Gasteiger partial charge in [0.1, 0.15) is 17.5 Å². The SMILES string of the molecule is CCn1cc(CN2CCN(c3ccccc3OC)C[C@@H]2C)cc1C#N. The molecule has 1 aliphatic heterocycles. The molecule has 5 nitrogen and oxygen atoms in total. The zero-order valence-electron chi connectivity index (χ0n) is 15.3. The van der Waals surface area contributed by atoms with Crippen molar-refractivity contribution in [1.82, 2.24) is 9.47 Å². The van der Waals surface area contributed by atoms with Crippen LogP contribution in [0.15, 0.2) is 36.5 Å². The number of nitriles is 1. The van der Waals surface area contributed by atoms with Gasteiger partial charge >= 0.3 is 0 Å². The number of methoxy groups -OCH3 is 1. The van der Waals surface area contributed by atoms with Crippen molar-refractivity contribution in [2.45, 2.75) is 33.0 Å². The Bertz CT molecular complexity index is 761. The molecule has 1 aliphatic rings. The highest BCUT2D eigenvalue weighted by molar-refractivity contribution is 5.58. The fraction of sp³-hybridized carbons (Fsp3) is 0.450. The molecule has 132 valence electrons. The molecular weight excluding hydrogens is 312 g/mol. The van der Waals surface area contributed by atoms with E-state index in [0.717, 1.165) is 44.2 Å². The molecule has 1 aromatic heterocycles. The molecule has 1 saturated heterocycles. The first-order valence-electron chi connectivity index (χ1n) is 8.87. The molecule has 0 radical (unpaired) electrons. The van der Waals surface area contributed by atoms with Crippen LogP contribution in [-0.2, 0) is 13.1 Å². The lowest BCUT2D eigenvalue weighted by molar-refractivity contribution is 0.180. The molecule has 0 saturated carbocycles. The summed E-state index contributed by atoms with van der Waals surface area (Å²) < 4.78 is 7.53. The maximum Gasteiger partial charge on any atom is 0.142 e. The highest BCUT2D eigenvalue weighted by Crippen LogP contribution is 2.29. The van der Waals surface area contributed by atoms with E-state index in [2.05, 4.69) is 48.0 Å². The van der Waals surface area contributed by atoms with Crippen LogP contribution < -0.4 is 9.64 Å². The molecule has 0 amide bonds. The van der Waals surface area contributed by atoms with Crippen molar-refractivity contribution < 1.29 is 4.74 Å². The molecule has 0 spiro atoms. The lowest BCUT2D eigenvalue weighted by Gasteiger charge is -2.41. The quantitative estimate of drug-likeness (QED) is 0.840. The Balaban J connectivity index is 1.68. The predicted octanol–water partition coefficient (Wildman–Crippen LogP) is 3.10. The molecule has 1 atom stereocenters. The van der Waals surface area contributed by atoms with E-state index in [0.29, 0.717) is 6.04 Å². The normalized spacial score (nSPS) is 18.2. The van der Waals surface area contributed by atoms with E-state index in [1.165, 1.54) is 11.3 Å². The van der Waals surface area contributed by atoms with E-state index in [1.807, 2.05) is 22.8 Å². The summed E-state index contributed by atoms with van der Waals surface area (Å²) in [4.78, 5) is 4.89. The highest BCUT2D eigenvalue weighted by atomic mass is 16.5. The van der Waals surface area contributed by atoms with E-state index >= 15 is 0 Å². The average Bonchev–Trinajstić information content (AvgIpc) is 3.05. The number of para-hydroxylation sites is 2. The summed E-state index contributed by atoms with van der Waals surface area (Å²) in [6, 6.07) is 12.9. The Hall–Kier alpha value is -2.45. The van der Waals surface area contributed by atoms with Crippen molar-refractivity contribution in [2.24, 2.45) is 0 Å². The first-order chi connectivity index (χ1) is 12.2. The van der Waals surface area contributed by atoms with Gasteiger partial charge in [-0.3, -0.25) is 4.90 Å². The number of piperazine rings is 1. The number of hydrogen-bond acceptors (Lipinski definition) is 4. The van der Waals surface area contributed by atoms with Gasteiger partial charge in [-0.25, -0.2) is 0 Å². The number of ether oxygens (including phenoxy) is 1. The van der Waals surface area contributed by atoms with Crippen molar-refractivity contribution in [3.63, 3.8) is 0 Å². The van der Waals surface area contributed by atoms with Crippen LogP contribution in [0.2, 0.25) is 0 Å². The third-order valence-electron chi connectivity index (χ3n) is 4.99. The smallest absolute Gasteiger partial charge is 0.142 e. The maximum absolute atomic E-state index is 9.23. The molecule has 1 fully saturated rings. The second-order valence-electron chi connectivity index (χ2n) is 6.57. The molecule has 0 bridgehead atoms. The Morgan fingerprint density at radius 2 is 2.08 bits per heavy atom. The second-order valence-corrected chi connectivity index (χ2v) is 6.57. The lowest BCUT2D eigenvalue weighted by Crippen LogP contribution is -2.51. The summed E-state index contributed by atoms with van der Waals surface area (Å²) in [6.07, 6.45) is 2.11. The minimum Gasteiger partial charge on any atom is -0.495 e. The molecule has 0 unspecified atom stereocenters. The van der Waals surface area contributed by atoms with E-state index in [4.69, 9.17) is 4.74 Å². The van der Waals surface area contributed by atoms with Crippen molar-refractivity contribution in [1.29, 1.82) is 5.26 Å². The van der Waals surface area contributed by atoms with Crippen molar-refractivity contribution in [3.8, 4) is 11.8 Å². The van der Waals surface area contributed by atoms with Crippen LogP contribution in [-0.4, -0.2) is 42.3 Å². The van der Waals surface area contributed by atoms with E-state index in [1.54, 1.807) is 7.11 Å². The molecular formula is C20H26N4O. The summed E-state index contributed by atoms with van der Waals surface area (Å²) in [5.41, 5.74) is 3.13. The van der Waals surface area contributed by atoms with Crippen LogP contribution >= 0.6 is 0 Å². The minimum absolute atomic E-state index is 0.439. The third-order valence-corrected chi connectivity index (χ3v) is 4.99. The maximum atomic E-state index is 9.23. The van der Waals surface area contributed by atoms with Gasteiger partial charge < -0.3 is 14.2 Å². The van der Waals surface area contributed by atoms with Gasteiger partial charge in [-0.15, -0.1) is 0 Å². The Kier molecular flexibility index (Phi) is 5.30. The third kappa shape index (κ3) is 3.64. The number of anilines is 1. The second kappa shape index (κ2) is 7.62. The predicted molar refractivity (Wildman–Crippen MR) is 99.9 cm³/mol. The number of hydrogen-bond donors (Lipinski definition) is 0. The van der Waals surface area contributed by atoms with Crippen molar-refractivity contribution in [2.75, 3.05) is 31.6 Å². The number of nitrogens with zero attached hydrogens (tertiary/aromatic N) is 4. The molecule has 0 N–H and O–H groups in total. The summed E-state index contributed by atoms with van der Waals surface area (Å²) in [5, 5.41) is 9.23. The molecule has 25 heavy (non-hydrogen) atoms. The Morgan fingerprint density at radius 1 is 1.28 bits per heavy atom. The zero-order valence-corrected chi connectivity index (χ0v) is 15.3. The first kappa shape index (κ1) is 17.4. The van der Waals surface area contributed by atoms with Crippen LogP contribution in [0.25, 0.3) is 0 Å². The molecule has 3 rings (SSSR count). The van der Waals surface area contributed by atoms with E-state index < -0.39 is 0 Å². The number of benzene rings is 1. The largest absolute Gasteiger partial charge is 0.495 e. The Morgan fingerprint density at radius 3 is 2.72 bits per heavy atom. The molecule has 5 heteroatoms. The molecule has 0 aliphatic carbocycles. The van der Waals surface area contributed by atoms with E-state index in [9.17, 15) is 5.26 Å². The zero-order chi connectivity index (χ0) is 17.8. The summed E-state index contributed by atoms with van der Waals surface area (Å²) in [6.45, 7) is 9.01. The first-order valence-corrected chi connectivity index (χ1v) is 8.87. The summed E-state index contributed by atoms with van der Waals surface area (Å²) >= 11 is 0. The van der Waals surface area contributed by atoms with Gasteiger partial charge in [-0.05, 0) is 37.6 Å². The molecule has 2 aromatic rings. The highest BCUT2D eigenvalue weighted by Gasteiger charge is 2.25. The standard InChI is InChI=1S/C20H26N4O/c1-4-22-14-17(11-18(22)12-21)15-23-9-10-24(13-16(23)2)19-7-5-6-8-20(19)25-3/h5-8,11,14,16H,4,9-10,13,15H2,1-3H3/t16-/m0/s1. The van der Waals surface area contributed by atoms with Gasteiger partial charge in [0.25, 0.3) is 0 Å².